The van der Waals surface area contributed by atoms with E-state index in [2.05, 4.69) is 0 Å². The molecule has 2 heterocycles. The van der Waals surface area contributed by atoms with E-state index in [0.717, 1.165) is 0 Å². The summed E-state index contributed by atoms with van der Waals surface area (Å²) in [4.78, 5) is 0. The molecular weight excluding hydrogens is 327 g/mol. The number of fused-ring (bicyclic) bond motifs is 1. The molecule has 6 nitrogen and oxygen atoms in total. The molecule has 0 aromatic rings. The highest BCUT2D eigenvalue weighted by atomic mass is 32.2. The fraction of sp³-hybridized carbons (Fsp3) is 0.857. The van der Waals surface area contributed by atoms with Crippen LogP contribution >= 0.6 is 7.60 Å². The molecule has 0 saturated carbocycles. The van der Waals surface area contributed by atoms with E-state index in [1.54, 1.807) is 47.6 Å². The first-order valence-electron chi connectivity index (χ1n) is 7.45. The molecule has 1 fully saturated rings. The lowest BCUT2D eigenvalue weighted by molar-refractivity contribution is -0.140. The first-order valence-corrected chi connectivity index (χ1v) is 10.3. The van der Waals surface area contributed by atoms with E-state index >= 15 is 0 Å². The summed E-state index contributed by atoms with van der Waals surface area (Å²) in [5.41, 5.74) is 0. The summed E-state index contributed by atoms with van der Waals surface area (Å²) in [5, 5.41) is 0. The molecule has 0 N–H and O–H groups in total. The van der Waals surface area contributed by atoms with Gasteiger partial charge in [-0.1, -0.05) is 0 Å². The van der Waals surface area contributed by atoms with Crippen LogP contribution in [0.4, 0.5) is 0 Å². The quantitative estimate of drug-likeness (QED) is 0.708. The van der Waals surface area contributed by atoms with Crippen LogP contribution in [-0.4, -0.2) is 40.2 Å². The number of hydrogen-bond acceptors (Lipinski definition) is 6. The minimum atomic E-state index is -3.63. The van der Waals surface area contributed by atoms with Crippen LogP contribution < -0.4 is 0 Å². The average molecular weight is 352 g/mol. The van der Waals surface area contributed by atoms with Crippen LogP contribution in [0.1, 0.15) is 41.5 Å². The first-order chi connectivity index (χ1) is 10.0. The zero-order valence-corrected chi connectivity index (χ0v) is 15.6. The Bertz CT molecular complexity index is 513. The molecule has 0 aromatic heterocycles. The van der Waals surface area contributed by atoms with Gasteiger partial charge < -0.3 is 18.5 Å². The molecule has 0 aromatic carbocycles. The maximum absolute atomic E-state index is 13.1. The van der Waals surface area contributed by atoms with Gasteiger partial charge in [0.25, 0.3) is 0 Å². The Hall–Kier alpha value is -0.0400. The molecular formula is C14H25O6PS. The molecule has 2 rings (SSSR count). The van der Waals surface area contributed by atoms with Crippen molar-refractivity contribution in [3.8, 4) is 0 Å². The van der Waals surface area contributed by atoms with Crippen molar-refractivity contribution < 1.29 is 27.3 Å². The SMILES string of the molecule is CC(C)OP(=O)(OC(C)C)C1=C[C@@H]2OC(C)(C)O[C@@H]2CS1=O. The smallest absolute Gasteiger partial charge is 0.343 e. The van der Waals surface area contributed by atoms with E-state index in [9.17, 15) is 8.77 Å². The summed E-state index contributed by atoms with van der Waals surface area (Å²) in [6.07, 6.45) is 0.299. The van der Waals surface area contributed by atoms with E-state index in [-0.39, 0.29) is 34.8 Å². The topological polar surface area (TPSA) is 71.1 Å². The average Bonchev–Trinajstić information content (AvgIpc) is 2.58. The van der Waals surface area contributed by atoms with Crippen LogP contribution in [0.3, 0.4) is 0 Å². The Morgan fingerprint density at radius 2 is 1.77 bits per heavy atom. The summed E-state index contributed by atoms with van der Waals surface area (Å²) in [5.74, 6) is -0.514. The van der Waals surface area contributed by atoms with Crippen molar-refractivity contribution in [1.82, 2.24) is 0 Å². The molecule has 0 bridgehead atoms. The Balaban J connectivity index is 2.34. The Labute approximate surface area is 134 Å². The molecule has 0 aliphatic carbocycles. The van der Waals surface area contributed by atoms with Gasteiger partial charge in [-0.15, -0.1) is 0 Å². The van der Waals surface area contributed by atoms with Crippen molar-refractivity contribution in [3.63, 3.8) is 0 Å². The van der Waals surface area contributed by atoms with Crippen molar-refractivity contribution in [2.45, 2.75) is 71.7 Å². The van der Waals surface area contributed by atoms with Crippen molar-refractivity contribution in [1.29, 1.82) is 0 Å². The molecule has 0 amide bonds. The minimum Gasteiger partial charge on any atom is -0.343 e. The minimum absolute atomic E-state index is 0.192. The summed E-state index contributed by atoms with van der Waals surface area (Å²) in [6.45, 7) is 10.7. The van der Waals surface area contributed by atoms with Gasteiger partial charge in [0.05, 0.1) is 28.8 Å². The molecule has 0 spiro atoms. The maximum atomic E-state index is 13.1. The van der Waals surface area contributed by atoms with Gasteiger partial charge in [-0.25, -0.2) is 0 Å². The molecule has 2 aliphatic heterocycles. The monoisotopic (exact) mass is 352 g/mol. The van der Waals surface area contributed by atoms with E-state index < -0.39 is 24.2 Å². The molecule has 8 heteroatoms. The van der Waals surface area contributed by atoms with Gasteiger partial charge in [0.15, 0.2) is 5.79 Å². The van der Waals surface area contributed by atoms with Crippen molar-refractivity contribution in [3.05, 3.63) is 10.7 Å². The Kier molecular flexibility index (Phi) is 5.37. The summed E-state index contributed by atoms with van der Waals surface area (Å²) < 4.78 is 48.4. The summed E-state index contributed by atoms with van der Waals surface area (Å²) >= 11 is 0. The van der Waals surface area contributed by atoms with E-state index in [0.29, 0.717) is 0 Å². The normalized spacial score (nSPS) is 31.5. The summed E-state index contributed by atoms with van der Waals surface area (Å²) in [6, 6.07) is 0. The van der Waals surface area contributed by atoms with Crippen LogP contribution in [0, 0.1) is 0 Å². The van der Waals surface area contributed by atoms with E-state index in [1.165, 1.54) is 0 Å². The number of hydrogen-bond donors (Lipinski definition) is 0. The fourth-order valence-electron chi connectivity index (χ4n) is 2.48. The Morgan fingerprint density at radius 3 is 2.27 bits per heavy atom. The molecule has 3 atom stereocenters. The molecule has 0 radical (unpaired) electrons. The third-order valence-corrected chi connectivity index (χ3v) is 7.65. The fourth-order valence-corrected chi connectivity index (χ4v) is 6.67. The predicted molar refractivity (Wildman–Crippen MR) is 85.0 cm³/mol. The van der Waals surface area contributed by atoms with Crippen molar-refractivity contribution in [2.75, 3.05) is 5.75 Å². The lowest BCUT2D eigenvalue weighted by Crippen LogP contribution is -2.32. The highest BCUT2D eigenvalue weighted by Gasteiger charge is 2.48. The molecule has 128 valence electrons. The zero-order chi connectivity index (χ0) is 16.7. The first kappa shape index (κ1) is 18.3. The number of ether oxygens (including phenoxy) is 2. The second-order valence-corrected chi connectivity index (χ2v) is 10.1. The van der Waals surface area contributed by atoms with Crippen LogP contribution in [0.5, 0.6) is 0 Å². The van der Waals surface area contributed by atoms with Crippen molar-refractivity contribution >= 4 is 18.4 Å². The van der Waals surface area contributed by atoms with Crippen LogP contribution in [0.15, 0.2) is 10.7 Å². The van der Waals surface area contributed by atoms with E-state index in [1.807, 2.05) is 0 Å². The maximum Gasteiger partial charge on any atom is 0.370 e. The van der Waals surface area contributed by atoms with Crippen molar-refractivity contribution in [2.24, 2.45) is 0 Å². The highest BCUT2D eigenvalue weighted by molar-refractivity contribution is 7.98. The number of rotatable bonds is 5. The second-order valence-electron chi connectivity index (χ2n) is 6.46. The molecule has 1 unspecified atom stereocenters. The van der Waals surface area contributed by atoms with Crippen LogP contribution in [0.25, 0.3) is 0 Å². The predicted octanol–water partition coefficient (Wildman–Crippen LogP) is 3.15. The van der Waals surface area contributed by atoms with Gasteiger partial charge in [-0.3, -0.25) is 8.77 Å². The van der Waals surface area contributed by atoms with Crippen LogP contribution in [0.2, 0.25) is 0 Å². The zero-order valence-electron chi connectivity index (χ0n) is 13.9. The highest BCUT2D eigenvalue weighted by Crippen LogP contribution is 2.60. The van der Waals surface area contributed by atoms with E-state index in [4.69, 9.17) is 18.5 Å². The Morgan fingerprint density at radius 1 is 1.23 bits per heavy atom. The third kappa shape index (κ3) is 4.08. The standard InChI is InChI=1S/C14H25O6PS/c1-9(2)19-21(15,20-10(3)4)13-7-11-12(8-22(13)16)18-14(5,6)17-11/h7,9-12H,8H2,1-6H3/t11-,12+,22?/m0/s1. The van der Waals surface area contributed by atoms with Gasteiger partial charge in [-0.2, -0.15) is 0 Å². The summed E-state index contributed by atoms with van der Waals surface area (Å²) in [7, 11) is -5.11. The third-order valence-electron chi connectivity index (χ3n) is 3.05. The lowest BCUT2D eigenvalue weighted by Gasteiger charge is -2.28. The molecule has 1 saturated heterocycles. The van der Waals surface area contributed by atoms with Gasteiger partial charge in [0.1, 0.15) is 16.9 Å². The van der Waals surface area contributed by atoms with Gasteiger partial charge in [0, 0.05) is 0 Å². The second kappa shape index (κ2) is 6.46. The lowest BCUT2D eigenvalue weighted by atomic mass is 10.2. The van der Waals surface area contributed by atoms with Gasteiger partial charge >= 0.3 is 7.60 Å². The molecule has 22 heavy (non-hydrogen) atoms. The van der Waals surface area contributed by atoms with Crippen LogP contribution in [-0.2, 0) is 33.9 Å². The van der Waals surface area contributed by atoms with Gasteiger partial charge in [0.2, 0.25) is 0 Å². The van der Waals surface area contributed by atoms with Gasteiger partial charge in [-0.05, 0) is 47.6 Å². The largest absolute Gasteiger partial charge is 0.370 e. The molecule has 2 aliphatic rings.